The number of hydrogen-bond donors (Lipinski definition) is 2. The fourth-order valence-corrected chi connectivity index (χ4v) is 2.29. The highest BCUT2D eigenvalue weighted by molar-refractivity contribution is 5.80. The minimum atomic E-state index is -1.03. The molecular formula is C17H24FN5O2. The number of benzene rings is 1. The van der Waals surface area contributed by atoms with Crippen LogP contribution in [0, 0.1) is 18.7 Å². The van der Waals surface area contributed by atoms with Crippen molar-refractivity contribution in [3.05, 3.63) is 41.5 Å². The van der Waals surface area contributed by atoms with E-state index in [4.69, 9.17) is 0 Å². The maximum atomic E-state index is 13.5. The Bertz CT molecular complexity index is 729. The maximum Gasteiger partial charge on any atom is 0.245 e. The van der Waals surface area contributed by atoms with Crippen LogP contribution in [0.25, 0.3) is 0 Å². The van der Waals surface area contributed by atoms with Gasteiger partial charge in [-0.1, -0.05) is 26.0 Å². The smallest absolute Gasteiger partial charge is 0.245 e. The number of nitrogens with zero attached hydrogens (tertiary/aromatic N) is 4. The number of carbonyl (C=O) groups excluding carboxylic acids is 1. The molecule has 0 aliphatic carbocycles. The van der Waals surface area contributed by atoms with Crippen LogP contribution < -0.4 is 5.32 Å². The van der Waals surface area contributed by atoms with Crippen molar-refractivity contribution < 1.29 is 14.3 Å². The van der Waals surface area contributed by atoms with Crippen molar-refractivity contribution in [2.45, 2.75) is 45.8 Å². The second-order valence-electron chi connectivity index (χ2n) is 6.75. The van der Waals surface area contributed by atoms with Crippen LogP contribution in [0.4, 0.5) is 4.39 Å². The normalized spacial score (nSPS) is 15.0. The number of carbonyl (C=O) groups is 1. The van der Waals surface area contributed by atoms with Gasteiger partial charge in [-0.15, -0.1) is 5.10 Å². The molecule has 0 spiro atoms. The largest absolute Gasteiger partial charge is 0.388 e. The summed E-state index contributed by atoms with van der Waals surface area (Å²) in [5.74, 6) is -0.246. The Morgan fingerprint density at radius 3 is 2.72 bits per heavy atom. The quantitative estimate of drug-likeness (QED) is 0.789. The molecule has 2 aromatic rings. The molecule has 2 rings (SSSR count). The number of nitrogens with one attached hydrogen (secondary N) is 1. The highest BCUT2D eigenvalue weighted by Crippen LogP contribution is 2.18. The third-order valence-corrected chi connectivity index (χ3v) is 4.44. The van der Waals surface area contributed by atoms with E-state index in [2.05, 4.69) is 20.8 Å². The summed E-state index contributed by atoms with van der Waals surface area (Å²) in [6.45, 7) is 7.21. The molecule has 7 nitrogen and oxygen atoms in total. The Hall–Kier alpha value is -2.35. The molecule has 1 heterocycles. The molecule has 8 heteroatoms. The molecule has 1 aromatic heterocycles. The summed E-state index contributed by atoms with van der Waals surface area (Å²) in [5, 5.41) is 24.3. The molecule has 1 aromatic carbocycles. The molecule has 2 N–H and O–H groups in total. The van der Waals surface area contributed by atoms with Gasteiger partial charge in [0.25, 0.3) is 0 Å². The summed E-state index contributed by atoms with van der Waals surface area (Å²) in [4.78, 5) is 12.7. The molecule has 0 aliphatic heterocycles. The average molecular weight is 349 g/mol. The highest BCUT2D eigenvalue weighted by Gasteiger charge is 2.29. The van der Waals surface area contributed by atoms with Crippen LogP contribution in [0.3, 0.4) is 0 Å². The number of aromatic nitrogens is 4. The Labute approximate surface area is 146 Å². The van der Waals surface area contributed by atoms with E-state index in [0.29, 0.717) is 11.4 Å². The van der Waals surface area contributed by atoms with Gasteiger partial charge in [0.2, 0.25) is 5.91 Å². The van der Waals surface area contributed by atoms with Crippen LogP contribution in [-0.4, -0.2) is 43.4 Å². The lowest BCUT2D eigenvalue weighted by molar-refractivity contribution is -0.126. The summed E-state index contributed by atoms with van der Waals surface area (Å²) in [6, 6.07) is 5.33. The molecule has 1 amide bonds. The number of hydrogen-bond acceptors (Lipinski definition) is 5. The molecule has 136 valence electrons. The van der Waals surface area contributed by atoms with E-state index in [1.54, 1.807) is 26.0 Å². The summed E-state index contributed by atoms with van der Waals surface area (Å²) in [7, 11) is 0. The minimum Gasteiger partial charge on any atom is -0.388 e. The van der Waals surface area contributed by atoms with Gasteiger partial charge in [0.15, 0.2) is 0 Å². The van der Waals surface area contributed by atoms with Crippen molar-refractivity contribution in [1.82, 2.24) is 25.5 Å². The van der Waals surface area contributed by atoms with Gasteiger partial charge in [-0.05, 0) is 47.9 Å². The van der Waals surface area contributed by atoms with Crippen molar-refractivity contribution in [3.63, 3.8) is 0 Å². The van der Waals surface area contributed by atoms with E-state index >= 15 is 0 Å². The summed E-state index contributed by atoms with van der Waals surface area (Å²) in [5.41, 5.74) is -0.375. The van der Waals surface area contributed by atoms with Crippen LogP contribution in [0.15, 0.2) is 24.3 Å². The highest BCUT2D eigenvalue weighted by atomic mass is 19.1. The molecule has 2 atom stereocenters. The third kappa shape index (κ3) is 4.82. The van der Waals surface area contributed by atoms with E-state index in [9.17, 15) is 14.3 Å². The van der Waals surface area contributed by atoms with E-state index < -0.39 is 11.6 Å². The van der Waals surface area contributed by atoms with Crippen molar-refractivity contribution in [2.75, 3.05) is 6.54 Å². The van der Waals surface area contributed by atoms with Gasteiger partial charge >= 0.3 is 0 Å². The molecule has 0 fully saturated rings. The predicted molar refractivity (Wildman–Crippen MR) is 90.2 cm³/mol. The predicted octanol–water partition coefficient (Wildman–Crippen LogP) is 1.43. The molecule has 0 bridgehead atoms. The maximum absolute atomic E-state index is 13.5. The zero-order chi connectivity index (χ0) is 18.6. The topological polar surface area (TPSA) is 92.9 Å². The third-order valence-electron chi connectivity index (χ3n) is 4.44. The minimum absolute atomic E-state index is 0.0239. The van der Waals surface area contributed by atoms with Gasteiger partial charge in [0, 0.05) is 13.0 Å². The van der Waals surface area contributed by atoms with E-state index in [1.165, 1.54) is 16.8 Å². The van der Waals surface area contributed by atoms with Gasteiger partial charge in [0.1, 0.15) is 17.7 Å². The van der Waals surface area contributed by atoms with E-state index in [1.807, 2.05) is 13.8 Å². The first-order valence-electron chi connectivity index (χ1n) is 8.19. The van der Waals surface area contributed by atoms with Crippen molar-refractivity contribution in [1.29, 1.82) is 0 Å². The fourth-order valence-electron chi connectivity index (χ4n) is 2.29. The van der Waals surface area contributed by atoms with Crippen LogP contribution in [-0.2, 0) is 11.2 Å². The van der Waals surface area contributed by atoms with Gasteiger partial charge in [0.05, 0.1) is 5.60 Å². The lowest BCUT2D eigenvalue weighted by Gasteiger charge is -2.29. The van der Waals surface area contributed by atoms with Crippen LogP contribution in [0.1, 0.15) is 38.2 Å². The lowest BCUT2D eigenvalue weighted by Crippen LogP contribution is -2.46. The number of tetrazole rings is 1. The van der Waals surface area contributed by atoms with Gasteiger partial charge in [-0.25, -0.2) is 9.07 Å². The molecule has 0 saturated carbocycles. The molecule has 0 aliphatic rings. The van der Waals surface area contributed by atoms with Gasteiger partial charge in [-0.3, -0.25) is 4.79 Å². The van der Waals surface area contributed by atoms with E-state index in [0.717, 1.165) is 0 Å². The number of aliphatic hydroxyl groups is 1. The standard InChI is InChI=1S/C17H24FN5O2/c1-11(2)17(4,25)10-19-16(24)15(23-12(3)20-21-22-23)9-13-6-5-7-14(18)8-13/h5-8,11,15,25H,9-10H2,1-4H3,(H,19,24). The number of aryl methyl sites for hydroxylation is 1. The van der Waals surface area contributed by atoms with Crippen molar-refractivity contribution >= 4 is 5.91 Å². The number of amides is 1. The number of halogens is 1. The molecule has 2 unspecified atom stereocenters. The number of rotatable bonds is 7. The Kier molecular flexibility index (Phi) is 5.84. The molecular weight excluding hydrogens is 325 g/mol. The zero-order valence-electron chi connectivity index (χ0n) is 14.9. The summed E-state index contributed by atoms with van der Waals surface area (Å²) >= 11 is 0. The second kappa shape index (κ2) is 7.69. The first-order chi connectivity index (χ1) is 11.7. The Balaban J connectivity index is 2.20. The molecule has 0 radical (unpaired) electrons. The molecule has 0 saturated heterocycles. The fraction of sp³-hybridized carbons (Fsp3) is 0.529. The summed E-state index contributed by atoms with van der Waals surface area (Å²) in [6.07, 6.45) is 0.235. The Morgan fingerprint density at radius 1 is 1.44 bits per heavy atom. The zero-order valence-corrected chi connectivity index (χ0v) is 14.9. The van der Waals surface area contributed by atoms with Gasteiger partial charge < -0.3 is 10.4 Å². The first-order valence-corrected chi connectivity index (χ1v) is 8.19. The average Bonchev–Trinajstić information content (AvgIpc) is 2.96. The second-order valence-corrected chi connectivity index (χ2v) is 6.75. The first kappa shape index (κ1) is 19.0. The van der Waals surface area contributed by atoms with Gasteiger partial charge in [-0.2, -0.15) is 0 Å². The van der Waals surface area contributed by atoms with Crippen molar-refractivity contribution in [2.24, 2.45) is 5.92 Å². The van der Waals surface area contributed by atoms with E-state index in [-0.39, 0.29) is 30.6 Å². The Morgan fingerprint density at radius 2 is 2.16 bits per heavy atom. The molecule has 25 heavy (non-hydrogen) atoms. The van der Waals surface area contributed by atoms with Crippen LogP contribution >= 0.6 is 0 Å². The lowest BCUT2D eigenvalue weighted by atomic mass is 9.92. The van der Waals surface area contributed by atoms with Crippen LogP contribution in [0.5, 0.6) is 0 Å². The summed E-state index contributed by atoms with van der Waals surface area (Å²) < 4.78 is 14.9. The van der Waals surface area contributed by atoms with Crippen LogP contribution in [0.2, 0.25) is 0 Å². The SMILES string of the molecule is Cc1nnnn1C(Cc1cccc(F)c1)C(=O)NCC(C)(O)C(C)C. The van der Waals surface area contributed by atoms with Crippen molar-refractivity contribution in [3.8, 4) is 0 Å². The monoisotopic (exact) mass is 349 g/mol.